The molecule has 3 rings (SSSR count). The quantitative estimate of drug-likeness (QED) is 0.524. The number of carbonyl (C=O) groups is 3. The van der Waals surface area contributed by atoms with Crippen molar-refractivity contribution in [3.8, 4) is 0 Å². The van der Waals surface area contributed by atoms with E-state index in [2.05, 4.69) is 20.9 Å². The maximum atomic E-state index is 12.2. The number of nitrogens with one attached hydrogen (secondary N) is 3. The topological polar surface area (TPSA) is 100 Å². The average Bonchev–Trinajstić information content (AvgIpc) is 3.08. The summed E-state index contributed by atoms with van der Waals surface area (Å²) in [5.74, 6) is -0.327. The normalized spacial score (nSPS) is 10.3. The number of thiazole rings is 1. The maximum absolute atomic E-state index is 12.2. The van der Waals surface area contributed by atoms with Crippen LogP contribution in [0.2, 0.25) is 0 Å². The van der Waals surface area contributed by atoms with Gasteiger partial charge in [-0.05, 0) is 43.7 Å². The van der Waals surface area contributed by atoms with Crippen LogP contribution < -0.4 is 16.0 Å². The molecule has 3 aromatic rings. The van der Waals surface area contributed by atoms with Gasteiger partial charge in [-0.3, -0.25) is 14.9 Å². The van der Waals surface area contributed by atoms with Crippen LogP contribution in [0.25, 0.3) is 0 Å². The lowest BCUT2D eigenvalue weighted by atomic mass is 10.1. The first kappa shape index (κ1) is 20.2. The highest BCUT2D eigenvalue weighted by atomic mass is 32.1. The molecule has 0 fully saturated rings. The highest BCUT2D eigenvalue weighted by Crippen LogP contribution is 2.18. The first-order valence-electron chi connectivity index (χ1n) is 8.89. The predicted octanol–water partition coefficient (Wildman–Crippen LogP) is 4.48. The molecule has 8 heteroatoms. The first-order chi connectivity index (χ1) is 13.9. The highest BCUT2D eigenvalue weighted by molar-refractivity contribution is 7.14. The maximum Gasteiger partial charge on any atom is 0.325 e. The predicted molar refractivity (Wildman–Crippen MR) is 115 cm³/mol. The van der Waals surface area contributed by atoms with E-state index in [0.29, 0.717) is 27.8 Å². The van der Waals surface area contributed by atoms with Crippen molar-refractivity contribution in [3.05, 3.63) is 70.7 Å². The Bertz CT molecular complexity index is 1060. The summed E-state index contributed by atoms with van der Waals surface area (Å²) >= 11 is 1.24. The minimum atomic E-state index is -0.401. The molecule has 148 valence electrons. The van der Waals surface area contributed by atoms with Crippen molar-refractivity contribution < 1.29 is 14.4 Å². The van der Waals surface area contributed by atoms with E-state index in [0.717, 1.165) is 5.56 Å². The number of urea groups is 1. The molecule has 3 N–H and O–H groups in total. The fraction of sp³-hybridized carbons (Fsp3) is 0.143. The van der Waals surface area contributed by atoms with Crippen molar-refractivity contribution in [2.24, 2.45) is 0 Å². The van der Waals surface area contributed by atoms with Gasteiger partial charge < -0.3 is 10.6 Å². The molecule has 0 aliphatic heterocycles. The second-order valence-electron chi connectivity index (χ2n) is 6.45. The zero-order valence-electron chi connectivity index (χ0n) is 16.0. The second-order valence-corrected chi connectivity index (χ2v) is 7.31. The summed E-state index contributed by atoms with van der Waals surface area (Å²) in [7, 11) is 0. The monoisotopic (exact) mass is 408 g/mol. The van der Waals surface area contributed by atoms with E-state index in [1.807, 2.05) is 25.1 Å². The smallest absolute Gasteiger partial charge is 0.325 e. The lowest BCUT2D eigenvalue weighted by molar-refractivity contribution is -0.115. The molecule has 0 spiro atoms. The molecule has 0 saturated heterocycles. The zero-order chi connectivity index (χ0) is 20.8. The Morgan fingerprint density at radius 1 is 0.966 bits per heavy atom. The summed E-state index contributed by atoms with van der Waals surface area (Å²) in [5, 5.41) is 10.3. The Morgan fingerprint density at radius 2 is 1.69 bits per heavy atom. The van der Waals surface area contributed by atoms with Crippen LogP contribution in [-0.4, -0.2) is 22.7 Å². The molecule has 0 bridgehead atoms. The molecule has 1 aromatic heterocycles. The Kier molecular flexibility index (Phi) is 6.36. The Labute approximate surface area is 172 Å². The van der Waals surface area contributed by atoms with Gasteiger partial charge in [0, 0.05) is 22.3 Å². The summed E-state index contributed by atoms with van der Waals surface area (Å²) in [4.78, 5) is 40.0. The van der Waals surface area contributed by atoms with E-state index in [1.165, 1.54) is 18.3 Å². The average molecular weight is 408 g/mol. The molecule has 7 nitrogen and oxygen atoms in total. The summed E-state index contributed by atoms with van der Waals surface area (Å²) < 4.78 is 0. The van der Waals surface area contributed by atoms with E-state index in [-0.39, 0.29) is 18.1 Å². The van der Waals surface area contributed by atoms with Crippen molar-refractivity contribution in [3.63, 3.8) is 0 Å². The third-order valence-electron chi connectivity index (χ3n) is 3.94. The number of carbonyl (C=O) groups excluding carboxylic acids is 3. The van der Waals surface area contributed by atoms with Crippen LogP contribution >= 0.6 is 11.3 Å². The van der Waals surface area contributed by atoms with E-state index >= 15 is 0 Å². The van der Waals surface area contributed by atoms with Gasteiger partial charge >= 0.3 is 6.03 Å². The lowest BCUT2D eigenvalue weighted by Crippen LogP contribution is -2.19. The molecule has 1 heterocycles. The molecule has 0 atom stereocenters. The van der Waals surface area contributed by atoms with Crippen LogP contribution in [0.3, 0.4) is 0 Å². The fourth-order valence-corrected chi connectivity index (χ4v) is 3.32. The van der Waals surface area contributed by atoms with Crippen LogP contribution in [-0.2, 0) is 11.2 Å². The number of amides is 3. The van der Waals surface area contributed by atoms with Crippen LogP contribution in [0, 0.1) is 6.92 Å². The summed E-state index contributed by atoms with van der Waals surface area (Å²) in [6.07, 6.45) is 0.0575. The number of aryl methyl sites for hydroxylation is 1. The third-order valence-corrected chi connectivity index (χ3v) is 4.75. The number of ketones is 1. The number of benzene rings is 2. The summed E-state index contributed by atoms with van der Waals surface area (Å²) in [6, 6.07) is 13.8. The Hall–Kier alpha value is -3.52. The molecule has 0 aliphatic rings. The van der Waals surface area contributed by atoms with E-state index in [1.54, 1.807) is 35.7 Å². The van der Waals surface area contributed by atoms with Crippen LogP contribution in [0.5, 0.6) is 0 Å². The number of nitrogens with zero attached hydrogens (tertiary/aromatic N) is 1. The lowest BCUT2D eigenvalue weighted by Gasteiger charge is -2.06. The largest absolute Gasteiger partial charge is 0.326 e. The molecular weight excluding hydrogens is 388 g/mol. The number of aromatic nitrogens is 1. The van der Waals surface area contributed by atoms with Gasteiger partial charge in [0.25, 0.3) is 0 Å². The third kappa shape index (κ3) is 5.98. The van der Waals surface area contributed by atoms with Crippen LogP contribution in [0.4, 0.5) is 21.3 Å². The van der Waals surface area contributed by atoms with E-state index < -0.39 is 6.03 Å². The summed E-state index contributed by atoms with van der Waals surface area (Å²) in [5.41, 5.74) is 3.35. The molecule has 2 aromatic carbocycles. The molecule has 0 aliphatic carbocycles. The minimum absolute atomic E-state index is 0.0575. The Balaban J connectivity index is 1.54. The van der Waals surface area contributed by atoms with Crippen molar-refractivity contribution in [1.82, 2.24) is 4.98 Å². The first-order valence-corrected chi connectivity index (χ1v) is 9.77. The number of Topliss-reactive ketones (excluding diaryl/α,β-unsaturated/α-hetero) is 1. The van der Waals surface area contributed by atoms with Gasteiger partial charge in [0.2, 0.25) is 5.91 Å². The molecule has 3 amide bonds. The standard InChI is InChI=1S/C21H20N4O3S/c1-13-5-3-7-16(9-13)23-20(28)25-21-24-18(12-29-21)11-19(27)22-17-8-4-6-15(10-17)14(2)26/h3-10,12H,11H2,1-2H3,(H,22,27)(H2,23,24,25,28). The second kappa shape index (κ2) is 9.11. The molecule has 0 saturated carbocycles. The number of rotatable bonds is 6. The minimum Gasteiger partial charge on any atom is -0.326 e. The number of hydrogen-bond donors (Lipinski definition) is 3. The van der Waals surface area contributed by atoms with Crippen molar-refractivity contribution >= 4 is 45.6 Å². The van der Waals surface area contributed by atoms with Gasteiger partial charge in [-0.25, -0.2) is 9.78 Å². The van der Waals surface area contributed by atoms with Crippen molar-refractivity contribution in [2.75, 3.05) is 16.0 Å². The van der Waals surface area contributed by atoms with Crippen LogP contribution in [0.15, 0.2) is 53.9 Å². The summed E-state index contributed by atoms with van der Waals surface area (Å²) in [6.45, 7) is 3.41. The van der Waals surface area contributed by atoms with Gasteiger partial charge in [0.15, 0.2) is 10.9 Å². The van der Waals surface area contributed by atoms with Gasteiger partial charge in [-0.2, -0.15) is 0 Å². The molecule has 0 unspecified atom stereocenters. The molecular formula is C21H20N4O3S. The molecule has 29 heavy (non-hydrogen) atoms. The van der Waals surface area contributed by atoms with Gasteiger partial charge in [-0.15, -0.1) is 11.3 Å². The van der Waals surface area contributed by atoms with Crippen LogP contribution in [0.1, 0.15) is 28.5 Å². The number of hydrogen-bond acceptors (Lipinski definition) is 5. The number of anilines is 3. The van der Waals surface area contributed by atoms with Crippen molar-refractivity contribution in [2.45, 2.75) is 20.3 Å². The van der Waals surface area contributed by atoms with E-state index in [9.17, 15) is 14.4 Å². The zero-order valence-corrected chi connectivity index (χ0v) is 16.8. The van der Waals surface area contributed by atoms with E-state index in [4.69, 9.17) is 0 Å². The van der Waals surface area contributed by atoms with Crippen molar-refractivity contribution in [1.29, 1.82) is 0 Å². The Morgan fingerprint density at radius 3 is 2.41 bits per heavy atom. The van der Waals surface area contributed by atoms with Gasteiger partial charge in [0.05, 0.1) is 12.1 Å². The van der Waals surface area contributed by atoms with Gasteiger partial charge in [-0.1, -0.05) is 24.3 Å². The SMILES string of the molecule is CC(=O)c1cccc(NC(=O)Cc2csc(NC(=O)Nc3cccc(C)c3)n2)c1. The molecule has 0 radical (unpaired) electrons. The fourth-order valence-electron chi connectivity index (χ4n) is 2.61. The highest BCUT2D eigenvalue weighted by Gasteiger charge is 2.11. The van der Waals surface area contributed by atoms with Gasteiger partial charge in [0.1, 0.15) is 0 Å².